The minimum absolute atomic E-state index is 0.260. The largest absolute Gasteiger partial charge is 0.356 e. The van der Waals surface area contributed by atoms with E-state index in [1.165, 1.54) is 27.8 Å². The Hall–Kier alpha value is -2.82. The fourth-order valence-corrected chi connectivity index (χ4v) is 4.49. The van der Waals surface area contributed by atoms with E-state index in [0.29, 0.717) is 12.3 Å². The van der Waals surface area contributed by atoms with E-state index in [0.717, 1.165) is 45.0 Å². The third kappa shape index (κ3) is 6.58. The number of likely N-dealkylation sites (tertiary alicyclic amines) is 1. The molecule has 1 heterocycles. The molecule has 1 fully saturated rings. The second kappa shape index (κ2) is 11.0. The number of hydrogen-bond donors (Lipinski definition) is 2. The second-order valence-corrected chi connectivity index (χ2v) is 8.65. The van der Waals surface area contributed by atoms with Crippen molar-refractivity contribution in [3.05, 3.63) is 70.3 Å². The van der Waals surface area contributed by atoms with Crippen molar-refractivity contribution in [2.45, 2.75) is 40.0 Å². The van der Waals surface area contributed by atoms with Crippen molar-refractivity contribution in [2.24, 2.45) is 10.9 Å². The number of carbonyl (C=O) groups is 1. The summed E-state index contributed by atoms with van der Waals surface area (Å²) in [7, 11) is 1.80. The summed E-state index contributed by atoms with van der Waals surface area (Å²) in [6.07, 6.45) is 2.49. The Bertz CT molecular complexity index is 884. The number of aliphatic imine (C=N–C) groups is 1. The Balaban J connectivity index is 1.41. The fraction of sp³-hybridized carbons (Fsp3) is 0.462. The lowest BCUT2D eigenvalue weighted by atomic mass is 9.97. The van der Waals surface area contributed by atoms with Gasteiger partial charge in [-0.25, -0.2) is 0 Å². The van der Waals surface area contributed by atoms with Gasteiger partial charge < -0.3 is 15.5 Å². The molecular formula is C26H36N4O. The molecule has 1 aliphatic rings. The van der Waals surface area contributed by atoms with Gasteiger partial charge in [0.1, 0.15) is 0 Å². The predicted octanol–water partition coefficient (Wildman–Crippen LogP) is 3.41. The van der Waals surface area contributed by atoms with Crippen LogP contribution in [0, 0.1) is 26.7 Å². The van der Waals surface area contributed by atoms with E-state index in [2.05, 4.69) is 60.7 Å². The van der Waals surface area contributed by atoms with E-state index >= 15 is 0 Å². The van der Waals surface area contributed by atoms with Gasteiger partial charge in [-0.15, -0.1) is 0 Å². The molecule has 0 aliphatic carbocycles. The number of amides is 1. The van der Waals surface area contributed by atoms with Gasteiger partial charge in [0.15, 0.2) is 5.96 Å². The van der Waals surface area contributed by atoms with Crippen LogP contribution in [0.3, 0.4) is 0 Å². The van der Waals surface area contributed by atoms with Gasteiger partial charge in [0.2, 0.25) is 5.91 Å². The van der Waals surface area contributed by atoms with Crippen molar-refractivity contribution >= 4 is 11.9 Å². The van der Waals surface area contributed by atoms with Crippen molar-refractivity contribution < 1.29 is 4.79 Å². The Morgan fingerprint density at radius 1 is 1.06 bits per heavy atom. The van der Waals surface area contributed by atoms with Gasteiger partial charge in [-0.05, 0) is 55.9 Å². The molecule has 0 aromatic heterocycles. The standard InChI is InChI=1S/C26H36N4O/c1-19-14-20(2)24(21(3)15-19)10-12-28-26(27-4)29-17-23-16-25(31)30(18-23)13-11-22-8-6-5-7-9-22/h5-9,14-15,23H,10-13,16-18H2,1-4H3,(H2,27,28,29). The molecule has 5 heteroatoms. The summed E-state index contributed by atoms with van der Waals surface area (Å²) in [5.74, 6) is 1.39. The van der Waals surface area contributed by atoms with Gasteiger partial charge in [-0.1, -0.05) is 48.0 Å². The number of rotatable bonds is 8. The first-order valence-electron chi connectivity index (χ1n) is 11.3. The van der Waals surface area contributed by atoms with E-state index in [1.807, 2.05) is 23.1 Å². The summed E-state index contributed by atoms with van der Waals surface area (Å²) in [5.41, 5.74) is 6.70. The number of hydrogen-bond acceptors (Lipinski definition) is 2. The van der Waals surface area contributed by atoms with E-state index < -0.39 is 0 Å². The fourth-order valence-electron chi connectivity index (χ4n) is 4.49. The van der Waals surface area contributed by atoms with Crippen molar-refractivity contribution in [3.63, 3.8) is 0 Å². The number of guanidine groups is 1. The molecule has 1 saturated heterocycles. The summed E-state index contributed by atoms with van der Waals surface area (Å²) in [5, 5.41) is 6.83. The van der Waals surface area contributed by atoms with Crippen LogP contribution in [0.1, 0.15) is 34.2 Å². The van der Waals surface area contributed by atoms with Crippen LogP contribution in [0.2, 0.25) is 0 Å². The molecule has 166 valence electrons. The molecule has 31 heavy (non-hydrogen) atoms. The van der Waals surface area contributed by atoms with Crippen LogP contribution in [0.15, 0.2) is 47.5 Å². The first-order valence-corrected chi connectivity index (χ1v) is 11.3. The number of benzene rings is 2. The van der Waals surface area contributed by atoms with Crippen LogP contribution >= 0.6 is 0 Å². The quantitative estimate of drug-likeness (QED) is 0.508. The maximum Gasteiger partial charge on any atom is 0.223 e. The first kappa shape index (κ1) is 22.9. The zero-order valence-electron chi connectivity index (χ0n) is 19.4. The molecule has 2 N–H and O–H groups in total. The number of aryl methyl sites for hydroxylation is 3. The maximum absolute atomic E-state index is 12.4. The SMILES string of the molecule is CN=C(NCCc1c(C)cc(C)cc1C)NCC1CC(=O)N(CCc2ccccc2)C1. The van der Waals surface area contributed by atoms with Crippen LogP contribution in [0.25, 0.3) is 0 Å². The average molecular weight is 421 g/mol. The van der Waals surface area contributed by atoms with Gasteiger partial charge in [-0.3, -0.25) is 9.79 Å². The van der Waals surface area contributed by atoms with Gasteiger partial charge in [0.25, 0.3) is 0 Å². The Kier molecular flexibility index (Phi) is 8.10. The topological polar surface area (TPSA) is 56.7 Å². The molecule has 1 unspecified atom stereocenters. The highest BCUT2D eigenvalue weighted by molar-refractivity contribution is 5.80. The molecule has 0 bridgehead atoms. The lowest BCUT2D eigenvalue weighted by Gasteiger charge is -2.18. The van der Waals surface area contributed by atoms with E-state index in [-0.39, 0.29) is 5.91 Å². The summed E-state index contributed by atoms with van der Waals surface area (Å²) in [6.45, 7) is 9.71. The van der Waals surface area contributed by atoms with Gasteiger partial charge >= 0.3 is 0 Å². The molecule has 1 amide bonds. The highest BCUT2D eigenvalue weighted by Crippen LogP contribution is 2.18. The molecule has 0 radical (unpaired) electrons. The van der Waals surface area contributed by atoms with E-state index in [1.54, 1.807) is 7.05 Å². The lowest BCUT2D eigenvalue weighted by molar-refractivity contribution is -0.127. The molecule has 1 aliphatic heterocycles. The molecule has 0 spiro atoms. The summed E-state index contributed by atoms with van der Waals surface area (Å²) in [6, 6.07) is 14.9. The Labute approximate surface area is 187 Å². The third-order valence-corrected chi connectivity index (χ3v) is 6.10. The van der Waals surface area contributed by atoms with Crippen LogP contribution in [-0.2, 0) is 17.6 Å². The van der Waals surface area contributed by atoms with Crippen molar-refractivity contribution in [1.82, 2.24) is 15.5 Å². The highest BCUT2D eigenvalue weighted by Gasteiger charge is 2.29. The van der Waals surface area contributed by atoms with Gasteiger partial charge in [0.05, 0.1) is 0 Å². The lowest BCUT2D eigenvalue weighted by Crippen LogP contribution is -2.41. The molecule has 3 rings (SSSR count). The average Bonchev–Trinajstić information content (AvgIpc) is 3.10. The van der Waals surface area contributed by atoms with Crippen LogP contribution < -0.4 is 10.6 Å². The maximum atomic E-state index is 12.4. The number of nitrogens with one attached hydrogen (secondary N) is 2. The minimum Gasteiger partial charge on any atom is -0.356 e. The van der Waals surface area contributed by atoms with Crippen molar-refractivity contribution in [2.75, 3.05) is 33.2 Å². The third-order valence-electron chi connectivity index (χ3n) is 6.10. The molecular weight excluding hydrogens is 384 g/mol. The minimum atomic E-state index is 0.260. The summed E-state index contributed by atoms with van der Waals surface area (Å²) in [4.78, 5) is 18.7. The predicted molar refractivity (Wildman–Crippen MR) is 129 cm³/mol. The van der Waals surface area contributed by atoms with Gasteiger partial charge in [-0.2, -0.15) is 0 Å². The smallest absolute Gasteiger partial charge is 0.223 e. The summed E-state index contributed by atoms with van der Waals surface area (Å²) < 4.78 is 0. The van der Waals surface area contributed by atoms with Crippen LogP contribution in [0.4, 0.5) is 0 Å². The summed E-state index contributed by atoms with van der Waals surface area (Å²) >= 11 is 0. The Morgan fingerprint density at radius 3 is 2.45 bits per heavy atom. The zero-order chi connectivity index (χ0) is 22.2. The molecule has 2 aromatic rings. The van der Waals surface area contributed by atoms with Gasteiger partial charge in [0, 0.05) is 45.6 Å². The number of carbonyl (C=O) groups excluding carboxylic acids is 1. The molecule has 2 aromatic carbocycles. The highest BCUT2D eigenvalue weighted by atomic mass is 16.2. The van der Waals surface area contributed by atoms with Crippen molar-refractivity contribution in [1.29, 1.82) is 0 Å². The van der Waals surface area contributed by atoms with Crippen molar-refractivity contribution in [3.8, 4) is 0 Å². The first-order chi connectivity index (χ1) is 15.0. The molecule has 0 saturated carbocycles. The van der Waals surface area contributed by atoms with E-state index in [4.69, 9.17) is 0 Å². The molecule has 1 atom stereocenters. The number of nitrogens with zero attached hydrogens (tertiary/aromatic N) is 2. The van der Waals surface area contributed by atoms with Crippen LogP contribution in [0.5, 0.6) is 0 Å². The van der Waals surface area contributed by atoms with Crippen LogP contribution in [-0.4, -0.2) is 50.0 Å². The Morgan fingerprint density at radius 2 is 1.77 bits per heavy atom. The second-order valence-electron chi connectivity index (χ2n) is 8.65. The zero-order valence-corrected chi connectivity index (χ0v) is 19.4. The normalized spacial score (nSPS) is 16.6. The monoisotopic (exact) mass is 420 g/mol. The molecule has 5 nitrogen and oxygen atoms in total. The van der Waals surface area contributed by atoms with E-state index in [9.17, 15) is 4.79 Å².